The fraction of sp³-hybridized carbons (Fsp3) is 0.357. The van der Waals surface area contributed by atoms with E-state index in [0.717, 1.165) is 43.1 Å². The van der Waals surface area contributed by atoms with Crippen LogP contribution in [0.1, 0.15) is 24.5 Å². The van der Waals surface area contributed by atoms with Gasteiger partial charge in [-0.25, -0.2) is 4.39 Å². The Balaban J connectivity index is 1.82. The van der Waals surface area contributed by atoms with Gasteiger partial charge in [-0.15, -0.1) is 0 Å². The molecule has 1 fully saturated rings. The van der Waals surface area contributed by atoms with Gasteiger partial charge in [0, 0.05) is 30.8 Å². The molecular weight excluding hydrogens is 233 g/mol. The second-order valence-electron chi connectivity index (χ2n) is 4.51. The number of halogens is 1. The maximum Gasteiger partial charge on any atom is 0.140 e. The van der Waals surface area contributed by atoms with E-state index in [-0.39, 0.29) is 5.82 Å². The van der Waals surface area contributed by atoms with Gasteiger partial charge < -0.3 is 9.26 Å². The second kappa shape index (κ2) is 4.90. The van der Waals surface area contributed by atoms with E-state index in [1.165, 1.54) is 12.1 Å². The largest absolute Gasteiger partial charge is 0.381 e. The number of benzene rings is 1. The Morgan fingerprint density at radius 1 is 1.11 bits per heavy atom. The van der Waals surface area contributed by atoms with Gasteiger partial charge in [0.1, 0.15) is 17.3 Å². The molecule has 1 aliphatic heterocycles. The Morgan fingerprint density at radius 2 is 1.83 bits per heavy atom. The highest BCUT2D eigenvalue weighted by Gasteiger charge is 2.20. The first-order chi connectivity index (χ1) is 8.83. The highest BCUT2D eigenvalue weighted by molar-refractivity contribution is 5.58. The molecule has 3 nitrogen and oxygen atoms in total. The van der Waals surface area contributed by atoms with Crippen LogP contribution in [0.25, 0.3) is 11.3 Å². The van der Waals surface area contributed by atoms with Crippen LogP contribution in [0.3, 0.4) is 0 Å². The zero-order valence-electron chi connectivity index (χ0n) is 9.93. The average Bonchev–Trinajstić information content (AvgIpc) is 2.90. The molecule has 0 bridgehead atoms. The van der Waals surface area contributed by atoms with Crippen LogP contribution in [0.4, 0.5) is 4.39 Å². The van der Waals surface area contributed by atoms with E-state index in [4.69, 9.17) is 9.26 Å². The summed E-state index contributed by atoms with van der Waals surface area (Å²) < 4.78 is 23.6. The van der Waals surface area contributed by atoms with E-state index in [0.29, 0.717) is 5.92 Å². The second-order valence-corrected chi connectivity index (χ2v) is 4.51. The molecule has 2 aromatic rings. The Labute approximate surface area is 105 Å². The van der Waals surface area contributed by atoms with E-state index in [2.05, 4.69) is 5.16 Å². The van der Waals surface area contributed by atoms with E-state index in [1.807, 2.05) is 6.07 Å². The number of hydrogen-bond donors (Lipinski definition) is 0. The molecule has 94 valence electrons. The molecular formula is C14H14FNO2. The van der Waals surface area contributed by atoms with Crippen molar-refractivity contribution in [3.63, 3.8) is 0 Å². The number of aromatic nitrogens is 1. The van der Waals surface area contributed by atoms with E-state index in [9.17, 15) is 4.39 Å². The first-order valence-corrected chi connectivity index (χ1v) is 6.13. The molecule has 0 amide bonds. The van der Waals surface area contributed by atoms with E-state index >= 15 is 0 Å². The van der Waals surface area contributed by atoms with Crippen molar-refractivity contribution in [2.75, 3.05) is 13.2 Å². The normalized spacial score (nSPS) is 16.9. The standard InChI is InChI=1S/C14H14FNO2/c15-12-3-1-10(2-4-12)13-9-14(18-16-13)11-5-7-17-8-6-11/h1-4,9,11H,5-8H2. The molecule has 2 heterocycles. The summed E-state index contributed by atoms with van der Waals surface area (Å²) in [4.78, 5) is 0. The zero-order chi connectivity index (χ0) is 12.4. The van der Waals surface area contributed by atoms with Crippen molar-refractivity contribution in [2.45, 2.75) is 18.8 Å². The lowest BCUT2D eigenvalue weighted by Crippen LogP contribution is -2.13. The SMILES string of the molecule is Fc1ccc(-c2cc(C3CCOCC3)on2)cc1. The summed E-state index contributed by atoms with van der Waals surface area (Å²) in [7, 11) is 0. The van der Waals surface area contributed by atoms with Gasteiger partial charge in [0.15, 0.2) is 0 Å². The molecule has 1 saturated heterocycles. The summed E-state index contributed by atoms with van der Waals surface area (Å²) in [5.74, 6) is 1.05. The van der Waals surface area contributed by atoms with Crippen LogP contribution < -0.4 is 0 Å². The minimum Gasteiger partial charge on any atom is -0.381 e. The van der Waals surface area contributed by atoms with Crippen molar-refractivity contribution < 1.29 is 13.7 Å². The van der Waals surface area contributed by atoms with Crippen molar-refractivity contribution in [1.29, 1.82) is 0 Å². The van der Waals surface area contributed by atoms with Crippen LogP contribution in [0.2, 0.25) is 0 Å². The van der Waals surface area contributed by atoms with Gasteiger partial charge >= 0.3 is 0 Å². The van der Waals surface area contributed by atoms with Crippen LogP contribution >= 0.6 is 0 Å². The van der Waals surface area contributed by atoms with Crippen LogP contribution in [0, 0.1) is 5.82 Å². The fourth-order valence-electron chi connectivity index (χ4n) is 2.22. The first kappa shape index (κ1) is 11.4. The van der Waals surface area contributed by atoms with Gasteiger partial charge in [-0.1, -0.05) is 5.16 Å². The molecule has 0 atom stereocenters. The maximum atomic E-state index is 12.8. The number of hydrogen-bond acceptors (Lipinski definition) is 3. The third-order valence-electron chi connectivity index (χ3n) is 3.29. The third kappa shape index (κ3) is 2.29. The van der Waals surface area contributed by atoms with Gasteiger partial charge in [-0.05, 0) is 37.1 Å². The predicted molar refractivity (Wildman–Crippen MR) is 64.7 cm³/mol. The van der Waals surface area contributed by atoms with Gasteiger partial charge in [0.05, 0.1) is 0 Å². The Bertz CT molecular complexity index is 515. The predicted octanol–water partition coefficient (Wildman–Crippen LogP) is 3.37. The third-order valence-corrected chi connectivity index (χ3v) is 3.29. The Hall–Kier alpha value is -1.68. The molecule has 3 rings (SSSR count). The fourth-order valence-corrected chi connectivity index (χ4v) is 2.22. The van der Waals surface area contributed by atoms with Gasteiger partial charge in [0.2, 0.25) is 0 Å². The van der Waals surface area contributed by atoms with Gasteiger partial charge in [0.25, 0.3) is 0 Å². The zero-order valence-corrected chi connectivity index (χ0v) is 9.93. The van der Waals surface area contributed by atoms with Crippen molar-refractivity contribution in [2.24, 2.45) is 0 Å². The highest BCUT2D eigenvalue weighted by atomic mass is 19.1. The number of nitrogens with zero attached hydrogens (tertiary/aromatic N) is 1. The summed E-state index contributed by atoms with van der Waals surface area (Å²) in [6.45, 7) is 1.55. The maximum absolute atomic E-state index is 12.8. The molecule has 0 aliphatic carbocycles. The molecule has 1 aromatic carbocycles. The minimum atomic E-state index is -0.244. The van der Waals surface area contributed by atoms with E-state index in [1.54, 1.807) is 12.1 Å². The lowest BCUT2D eigenvalue weighted by atomic mass is 9.97. The molecule has 0 radical (unpaired) electrons. The number of ether oxygens (including phenoxy) is 1. The van der Waals surface area contributed by atoms with Crippen molar-refractivity contribution >= 4 is 0 Å². The summed E-state index contributed by atoms with van der Waals surface area (Å²) in [5, 5.41) is 4.05. The van der Waals surface area contributed by atoms with Gasteiger partial charge in [-0.3, -0.25) is 0 Å². The van der Waals surface area contributed by atoms with Crippen LogP contribution in [0.15, 0.2) is 34.9 Å². The van der Waals surface area contributed by atoms with Crippen LogP contribution in [-0.4, -0.2) is 18.4 Å². The Kier molecular flexibility index (Phi) is 3.11. The molecule has 1 aliphatic rings. The average molecular weight is 247 g/mol. The van der Waals surface area contributed by atoms with Crippen molar-refractivity contribution in [3.05, 3.63) is 41.9 Å². The summed E-state index contributed by atoms with van der Waals surface area (Å²) in [6.07, 6.45) is 1.94. The van der Waals surface area contributed by atoms with Gasteiger partial charge in [-0.2, -0.15) is 0 Å². The molecule has 0 N–H and O–H groups in total. The quantitative estimate of drug-likeness (QED) is 0.816. The van der Waals surface area contributed by atoms with E-state index < -0.39 is 0 Å². The highest BCUT2D eigenvalue weighted by Crippen LogP contribution is 2.30. The van der Waals surface area contributed by atoms with Crippen LogP contribution in [-0.2, 0) is 4.74 Å². The monoisotopic (exact) mass is 247 g/mol. The van der Waals surface area contributed by atoms with Crippen molar-refractivity contribution in [1.82, 2.24) is 5.16 Å². The molecule has 0 spiro atoms. The molecule has 1 aromatic heterocycles. The minimum absolute atomic E-state index is 0.244. The molecule has 4 heteroatoms. The summed E-state index contributed by atoms with van der Waals surface area (Å²) in [5.41, 5.74) is 1.63. The molecule has 18 heavy (non-hydrogen) atoms. The first-order valence-electron chi connectivity index (χ1n) is 6.13. The number of rotatable bonds is 2. The summed E-state index contributed by atoms with van der Waals surface area (Å²) >= 11 is 0. The molecule has 0 unspecified atom stereocenters. The van der Waals surface area contributed by atoms with Crippen molar-refractivity contribution in [3.8, 4) is 11.3 Å². The van der Waals surface area contributed by atoms with Crippen LogP contribution in [0.5, 0.6) is 0 Å². The lowest BCUT2D eigenvalue weighted by Gasteiger charge is -2.18. The summed E-state index contributed by atoms with van der Waals surface area (Å²) in [6, 6.07) is 8.22. The lowest BCUT2D eigenvalue weighted by molar-refractivity contribution is 0.0791. The molecule has 0 saturated carbocycles. The smallest absolute Gasteiger partial charge is 0.140 e. The Morgan fingerprint density at radius 3 is 2.56 bits per heavy atom. The topological polar surface area (TPSA) is 35.3 Å².